The molecule has 1 rings (SSSR count). The molecule has 1 aliphatic rings. The van der Waals surface area contributed by atoms with Crippen molar-refractivity contribution in [1.29, 1.82) is 0 Å². The maximum atomic E-state index is 10.2. The summed E-state index contributed by atoms with van der Waals surface area (Å²) < 4.78 is 0. The molecule has 9 heavy (non-hydrogen) atoms. The summed E-state index contributed by atoms with van der Waals surface area (Å²) in [5, 5.41) is 8.91. The lowest BCUT2D eigenvalue weighted by Crippen LogP contribution is -2.51. The highest BCUT2D eigenvalue weighted by molar-refractivity contribution is 7.99. The minimum atomic E-state index is -0.791. The first kappa shape index (κ1) is 6.74. The van der Waals surface area contributed by atoms with E-state index in [1.807, 2.05) is 6.26 Å². The molecule has 1 amide bonds. The number of rotatable bonds is 1. The Labute approximate surface area is 58.0 Å². The molecule has 0 unspecified atom stereocenters. The Balaban J connectivity index is 2.19. The van der Waals surface area contributed by atoms with Crippen LogP contribution in [0.3, 0.4) is 0 Å². The molecule has 0 aromatic heterocycles. The van der Waals surface area contributed by atoms with Gasteiger partial charge in [-0.3, -0.25) is 0 Å². The predicted molar refractivity (Wildman–Crippen MR) is 36.9 cm³/mol. The van der Waals surface area contributed by atoms with Crippen molar-refractivity contribution in [3.63, 3.8) is 0 Å². The first-order chi connectivity index (χ1) is 4.24. The molecular formula is C5H9NO2S. The quantitative estimate of drug-likeness (QED) is 0.594. The lowest BCUT2D eigenvalue weighted by atomic mass is 10.2. The predicted octanol–water partition coefficient (Wildman–Crippen LogP) is 0.712. The van der Waals surface area contributed by atoms with Crippen LogP contribution < -0.4 is 0 Å². The summed E-state index contributed by atoms with van der Waals surface area (Å²) in [7, 11) is 0. The molecule has 1 fully saturated rings. The average Bonchev–Trinajstić information content (AvgIpc) is 1.61. The summed E-state index contributed by atoms with van der Waals surface area (Å²) in [5.41, 5.74) is 0. The Bertz CT molecular complexity index is 122. The van der Waals surface area contributed by atoms with Gasteiger partial charge in [0, 0.05) is 18.3 Å². The van der Waals surface area contributed by atoms with Crippen LogP contribution >= 0.6 is 11.8 Å². The highest BCUT2D eigenvalue weighted by Crippen LogP contribution is 2.18. The summed E-state index contributed by atoms with van der Waals surface area (Å²) in [6, 6.07) is 0. The molecule has 0 atom stereocenters. The van der Waals surface area contributed by atoms with Crippen molar-refractivity contribution < 1.29 is 9.90 Å². The zero-order chi connectivity index (χ0) is 6.85. The van der Waals surface area contributed by atoms with Gasteiger partial charge in [0.1, 0.15) is 0 Å². The third-order valence-corrected chi connectivity index (χ3v) is 2.42. The van der Waals surface area contributed by atoms with Crippen LogP contribution in [0.25, 0.3) is 0 Å². The van der Waals surface area contributed by atoms with Crippen molar-refractivity contribution in [1.82, 2.24) is 4.90 Å². The smallest absolute Gasteiger partial charge is 0.407 e. The Kier molecular flexibility index (Phi) is 1.85. The number of carboxylic acid groups (broad SMARTS) is 1. The Morgan fingerprint density at radius 1 is 1.78 bits per heavy atom. The molecule has 0 aromatic rings. The fourth-order valence-electron chi connectivity index (χ4n) is 0.743. The average molecular weight is 147 g/mol. The van der Waals surface area contributed by atoms with Gasteiger partial charge in [0.2, 0.25) is 0 Å². The summed E-state index contributed by atoms with van der Waals surface area (Å²) in [5.74, 6) is 0. The molecule has 4 heteroatoms. The number of hydrogen-bond donors (Lipinski definition) is 1. The Morgan fingerprint density at radius 2 is 2.33 bits per heavy atom. The minimum absolute atomic E-state index is 0.543. The fraction of sp³-hybridized carbons (Fsp3) is 0.800. The third-order valence-electron chi connectivity index (χ3n) is 1.45. The zero-order valence-electron chi connectivity index (χ0n) is 5.20. The van der Waals surface area contributed by atoms with Crippen LogP contribution in [0.1, 0.15) is 0 Å². The van der Waals surface area contributed by atoms with Crippen molar-refractivity contribution in [2.45, 2.75) is 5.25 Å². The van der Waals surface area contributed by atoms with Crippen LogP contribution in [-0.2, 0) is 0 Å². The molecule has 1 heterocycles. The van der Waals surface area contributed by atoms with Crippen LogP contribution in [0.15, 0.2) is 0 Å². The normalized spacial score (nSPS) is 19.4. The van der Waals surface area contributed by atoms with Crippen molar-refractivity contribution in [3.05, 3.63) is 0 Å². The van der Waals surface area contributed by atoms with Crippen LogP contribution in [0.4, 0.5) is 4.79 Å². The van der Waals surface area contributed by atoms with E-state index in [9.17, 15) is 4.79 Å². The van der Waals surface area contributed by atoms with Gasteiger partial charge in [0.25, 0.3) is 0 Å². The van der Waals surface area contributed by atoms with E-state index in [4.69, 9.17) is 5.11 Å². The zero-order valence-corrected chi connectivity index (χ0v) is 6.02. The highest BCUT2D eigenvalue weighted by Gasteiger charge is 2.29. The number of carbonyl (C=O) groups is 1. The first-order valence-corrected chi connectivity index (χ1v) is 4.03. The van der Waals surface area contributed by atoms with Crippen molar-refractivity contribution in [3.8, 4) is 0 Å². The van der Waals surface area contributed by atoms with Crippen molar-refractivity contribution >= 4 is 17.9 Å². The van der Waals surface area contributed by atoms with Gasteiger partial charge in [-0.2, -0.15) is 11.8 Å². The van der Waals surface area contributed by atoms with Crippen LogP contribution in [0.2, 0.25) is 0 Å². The monoisotopic (exact) mass is 147 g/mol. The van der Waals surface area contributed by atoms with Gasteiger partial charge in [-0.25, -0.2) is 4.79 Å². The van der Waals surface area contributed by atoms with Gasteiger partial charge in [0.05, 0.1) is 0 Å². The number of hydrogen-bond acceptors (Lipinski definition) is 2. The third kappa shape index (κ3) is 1.30. The number of likely N-dealkylation sites (tertiary alicyclic amines) is 1. The van der Waals surface area contributed by atoms with E-state index in [0.29, 0.717) is 18.3 Å². The fourth-order valence-corrected chi connectivity index (χ4v) is 1.40. The van der Waals surface area contributed by atoms with Gasteiger partial charge in [0.15, 0.2) is 0 Å². The molecule has 3 nitrogen and oxygen atoms in total. The molecule has 0 aromatic carbocycles. The lowest BCUT2D eigenvalue weighted by Gasteiger charge is -2.35. The number of thioether (sulfide) groups is 1. The summed E-state index contributed by atoms with van der Waals surface area (Å²) >= 11 is 1.73. The second kappa shape index (κ2) is 2.47. The second-order valence-electron chi connectivity index (χ2n) is 2.05. The Morgan fingerprint density at radius 3 is 2.67 bits per heavy atom. The van der Waals surface area contributed by atoms with E-state index in [1.54, 1.807) is 11.8 Å². The molecule has 0 radical (unpaired) electrons. The van der Waals surface area contributed by atoms with E-state index in [0.717, 1.165) is 0 Å². The van der Waals surface area contributed by atoms with Crippen LogP contribution in [0, 0.1) is 0 Å². The van der Waals surface area contributed by atoms with Crippen molar-refractivity contribution in [2.24, 2.45) is 0 Å². The van der Waals surface area contributed by atoms with Gasteiger partial charge in [-0.1, -0.05) is 0 Å². The molecule has 0 bridgehead atoms. The van der Waals surface area contributed by atoms with Gasteiger partial charge >= 0.3 is 6.09 Å². The highest BCUT2D eigenvalue weighted by atomic mass is 32.2. The Hall–Kier alpha value is -0.380. The second-order valence-corrected chi connectivity index (χ2v) is 3.18. The molecule has 0 saturated carbocycles. The standard InChI is InChI=1S/C5H9NO2S/c1-9-4-2-6(3-4)5(7)8/h4H,2-3H2,1H3,(H,7,8). The first-order valence-electron chi connectivity index (χ1n) is 2.74. The van der Waals surface area contributed by atoms with Gasteiger partial charge in [-0.05, 0) is 6.26 Å². The van der Waals surface area contributed by atoms with Gasteiger partial charge < -0.3 is 10.0 Å². The van der Waals surface area contributed by atoms with Crippen molar-refractivity contribution in [2.75, 3.05) is 19.3 Å². The molecular weight excluding hydrogens is 138 g/mol. The molecule has 1 aliphatic heterocycles. The molecule has 0 spiro atoms. The lowest BCUT2D eigenvalue weighted by molar-refractivity contribution is 0.121. The van der Waals surface area contributed by atoms with E-state index < -0.39 is 6.09 Å². The maximum absolute atomic E-state index is 10.2. The molecule has 1 N–H and O–H groups in total. The maximum Gasteiger partial charge on any atom is 0.407 e. The topological polar surface area (TPSA) is 40.5 Å². The number of amides is 1. The molecule has 1 saturated heterocycles. The molecule has 52 valence electrons. The van der Waals surface area contributed by atoms with E-state index in [1.165, 1.54) is 4.90 Å². The summed E-state index contributed by atoms with van der Waals surface area (Å²) in [6.45, 7) is 1.41. The van der Waals surface area contributed by atoms with E-state index in [2.05, 4.69) is 0 Å². The summed E-state index contributed by atoms with van der Waals surface area (Å²) in [6.07, 6.45) is 1.21. The minimum Gasteiger partial charge on any atom is -0.465 e. The molecule has 0 aliphatic carbocycles. The van der Waals surface area contributed by atoms with Crippen LogP contribution in [0.5, 0.6) is 0 Å². The van der Waals surface area contributed by atoms with Gasteiger partial charge in [-0.15, -0.1) is 0 Å². The van der Waals surface area contributed by atoms with E-state index in [-0.39, 0.29) is 0 Å². The SMILES string of the molecule is CSC1CN(C(=O)O)C1. The number of nitrogens with zero attached hydrogens (tertiary/aromatic N) is 1. The van der Waals surface area contributed by atoms with Crippen LogP contribution in [-0.4, -0.2) is 40.7 Å². The van der Waals surface area contributed by atoms with E-state index >= 15 is 0 Å². The summed E-state index contributed by atoms with van der Waals surface area (Å²) in [4.78, 5) is 11.6. The largest absolute Gasteiger partial charge is 0.465 e.